The van der Waals surface area contributed by atoms with E-state index >= 15 is 0 Å². The van der Waals surface area contributed by atoms with Gasteiger partial charge >= 0.3 is 0 Å². The van der Waals surface area contributed by atoms with E-state index in [1.807, 2.05) is 0 Å². The van der Waals surface area contributed by atoms with E-state index in [2.05, 4.69) is 6.92 Å². The Morgan fingerprint density at radius 2 is 1.83 bits per heavy atom. The quantitative estimate of drug-likeness (QED) is 0.581. The van der Waals surface area contributed by atoms with Crippen LogP contribution in [-0.4, -0.2) is 46.5 Å². The van der Waals surface area contributed by atoms with Gasteiger partial charge in [0.2, 0.25) is 11.8 Å². The SMILES string of the molecule is CC1CC2C(=O)N(CCSCCCO)C(=O)C2C1. The number of amides is 2. The van der Waals surface area contributed by atoms with Crippen molar-refractivity contribution in [3.8, 4) is 0 Å². The van der Waals surface area contributed by atoms with E-state index < -0.39 is 0 Å². The number of thioether (sulfide) groups is 1. The van der Waals surface area contributed by atoms with Crippen molar-refractivity contribution in [3.05, 3.63) is 0 Å². The molecule has 0 aromatic heterocycles. The lowest BCUT2D eigenvalue weighted by atomic mass is 10.00. The summed E-state index contributed by atoms with van der Waals surface area (Å²) in [7, 11) is 0. The summed E-state index contributed by atoms with van der Waals surface area (Å²) in [4.78, 5) is 25.7. The van der Waals surface area contributed by atoms with E-state index in [1.165, 1.54) is 4.90 Å². The molecule has 2 rings (SSSR count). The molecule has 0 aromatic rings. The number of nitrogens with zero attached hydrogens (tertiary/aromatic N) is 1. The Morgan fingerprint density at radius 1 is 1.22 bits per heavy atom. The van der Waals surface area contributed by atoms with Gasteiger partial charge in [-0.15, -0.1) is 0 Å². The minimum absolute atomic E-state index is 0.0325. The molecule has 0 radical (unpaired) electrons. The first-order chi connectivity index (χ1) is 8.65. The highest BCUT2D eigenvalue weighted by atomic mass is 32.2. The Kier molecular flexibility index (Phi) is 4.67. The molecule has 0 spiro atoms. The van der Waals surface area contributed by atoms with Crippen LogP contribution in [0.2, 0.25) is 0 Å². The van der Waals surface area contributed by atoms with Crippen molar-refractivity contribution in [2.45, 2.75) is 26.2 Å². The molecule has 4 nitrogen and oxygen atoms in total. The molecule has 2 fully saturated rings. The van der Waals surface area contributed by atoms with E-state index in [0.29, 0.717) is 12.5 Å². The molecule has 2 atom stereocenters. The summed E-state index contributed by atoms with van der Waals surface area (Å²) in [6.07, 6.45) is 2.53. The van der Waals surface area contributed by atoms with Gasteiger partial charge in [-0.2, -0.15) is 11.8 Å². The van der Waals surface area contributed by atoms with Crippen LogP contribution in [0.5, 0.6) is 0 Å². The smallest absolute Gasteiger partial charge is 0.233 e. The number of likely N-dealkylation sites (tertiary alicyclic amines) is 1. The predicted octanol–water partition coefficient (Wildman–Crippen LogP) is 1.13. The third kappa shape index (κ3) is 2.72. The molecule has 0 bridgehead atoms. The first-order valence-corrected chi connectivity index (χ1v) is 7.84. The van der Waals surface area contributed by atoms with Crippen LogP contribution in [0, 0.1) is 17.8 Å². The minimum atomic E-state index is -0.0325. The van der Waals surface area contributed by atoms with Crippen LogP contribution in [0.15, 0.2) is 0 Å². The largest absolute Gasteiger partial charge is 0.396 e. The van der Waals surface area contributed by atoms with Crippen molar-refractivity contribution in [1.82, 2.24) is 4.90 Å². The normalized spacial score (nSPS) is 31.2. The molecular formula is C13H21NO3S. The van der Waals surface area contributed by atoms with Crippen LogP contribution in [-0.2, 0) is 9.59 Å². The second kappa shape index (κ2) is 6.06. The fourth-order valence-electron chi connectivity index (χ4n) is 2.99. The first kappa shape index (κ1) is 13.9. The molecule has 1 saturated heterocycles. The topological polar surface area (TPSA) is 57.6 Å². The van der Waals surface area contributed by atoms with Crippen LogP contribution in [0.25, 0.3) is 0 Å². The number of carbonyl (C=O) groups excluding carboxylic acids is 2. The number of aliphatic hydroxyl groups is 1. The third-order valence-electron chi connectivity index (χ3n) is 3.87. The molecule has 1 aliphatic heterocycles. The molecule has 1 heterocycles. The molecule has 1 aliphatic carbocycles. The molecule has 1 N–H and O–H groups in total. The second-order valence-electron chi connectivity index (χ2n) is 5.31. The summed E-state index contributed by atoms with van der Waals surface area (Å²) in [5.41, 5.74) is 0. The summed E-state index contributed by atoms with van der Waals surface area (Å²) in [5, 5.41) is 8.66. The molecule has 0 aromatic carbocycles. The maximum Gasteiger partial charge on any atom is 0.233 e. The number of carbonyl (C=O) groups is 2. The van der Waals surface area contributed by atoms with E-state index in [4.69, 9.17) is 5.11 Å². The monoisotopic (exact) mass is 271 g/mol. The van der Waals surface area contributed by atoms with Crippen LogP contribution in [0.4, 0.5) is 0 Å². The van der Waals surface area contributed by atoms with Gasteiger partial charge in [0.1, 0.15) is 0 Å². The lowest BCUT2D eigenvalue weighted by Crippen LogP contribution is -2.34. The average molecular weight is 271 g/mol. The number of hydrogen-bond donors (Lipinski definition) is 1. The Labute approximate surface area is 112 Å². The summed E-state index contributed by atoms with van der Waals surface area (Å²) >= 11 is 1.69. The highest BCUT2D eigenvalue weighted by Crippen LogP contribution is 2.42. The fourth-order valence-corrected chi connectivity index (χ4v) is 3.84. The van der Waals surface area contributed by atoms with Crippen molar-refractivity contribution >= 4 is 23.6 Å². The van der Waals surface area contributed by atoms with Gasteiger partial charge in [0.15, 0.2) is 0 Å². The zero-order chi connectivity index (χ0) is 13.1. The van der Waals surface area contributed by atoms with Crippen molar-refractivity contribution in [2.24, 2.45) is 17.8 Å². The van der Waals surface area contributed by atoms with Crippen LogP contribution >= 0.6 is 11.8 Å². The Bertz CT molecular complexity index is 310. The van der Waals surface area contributed by atoms with Gasteiger partial charge in [-0.05, 0) is 30.9 Å². The number of aliphatic hydroxyl groups excluding tert-OH is 1. The van der Waals surface area contributed by atoms with E-state index in [0.717, 1.165) is 30.8 Å². The van der Waals surface area contributed by atoms with Crippen LogP contribution in [0.1, 0.15) is 26.2 Å². The molecular weight excluding hydrogens is 250 g/mol. The Morgan fingerprint density at radius 3 is 2.39 bits per heavy atom. The van der Waals surface area contributed by atoms with Gasteiger partial charge in [0, 0.05) is 18.9 Å². The summed E-state index contributed by atoms with van der Waals surface area (Å²) in [6, 6.07) is 0. The summed E-state index contributed by atoms with van der Waals surface area (Å²) in [6.45, 7) is 2.86. The highest BCUT2D eigenvalue weighted by Gasteiger charge is 2.51. The van der Waals surface area contributed by atoms with Crippen molar-refractivity contribution < 1.29 is 14.7 Å². The molecule has 2 amide bonds. The first-order valence-electron chi connectivity index (χ1n) is 6.69. The van der Waals surface area contributed by atoms with Gasteiger partial charge in [-0.3, -0.25) is 14.5 Å². The average Bonchev–Trinajstić information content (AvgIpc) is 2.82. The van der Waals surface area contributed by atoms with Gasteiger partial charge in [-0.1, -0.05) is 6.92 Å². The molecule has 1 saturated carbocycles. The van der Waals surface area contributed by atoms with Crippen molar-refractivity contribution in [3.63, 3.8) is 0 Å². The minimum Gasteiger partial charge on any atom is -0.396 e. The molecule has 2 aliphatic rings. The maximum absolute atomic E-state index is 12.1. The second-order valence-corrected chi connectivity index (χ2v) is 6.53. The van der Waals surface area contributed by atoms with Crippen LogP contribution in [0.3, 0.4) is 0 Å². The standard InChI is InChI=1S/C13H21NO3S/c1-9-7-10-11(8-9)13(17)14(12(10)16)3-6-18-5-2-4-15/h9-11,15H,2-8H2,1H3. The van der Waals surface area contributed by atoms with E-state index in [-0.39, 0.29) is 30.3 Å². The third-order valence-corrected chi connectivity index (χ3v) is 4.92. The summed E-state index contributed by atoms with van der Waals surface area (Å²) in [5.74, 6) is 2.22. The zero-order valence-corrected chi connectivity index (χ0v) is 11.6. The molecule has 2 unspecified atom stereocenters. The Balaban J connectivity index is 1.80. The van der Waals surface area contributed by atoms with Crippen molar-refractivity contribution in [2.75, 3.05) is 24.7 Å². The number of imide groups is 1. The van der Waals surface area contributed by atoms with E-state index in [9.17, 15) is 9.59 Å². The highest BCUT2D eigenvalue weighted by molar-refractivity contribution is 7.99. The van der Waals surface area contributed by atoms with Crippen LogP contribution < -0.4 is 0 Å². The lowest BCUT2D eigenvalue weighted by molar-refractivity contribution is -0.140. The number of rotatable bonds is 6. The predicted molar refractivity (Wildman–Crippen MR) is 71.1 cm³/mol. The molecule has 102 valence electrons. The molecule has 5 heteroatoms. The number of hydrogen-bond acceptors (Lipinski definition) is 4. The van der Waals surface area contributed by atoms with Gasteiger partial charge in [0.05, 0.1) is 11.8 Å². The van der Waals surface area contributed by atoms with Crippen molar-refractivity contribution in [1.29, 1.82) is 0 Å². The maximum atomic E-state index is 12.1. The lowest BCUT2D eigenvalue weighted by Gasteiger charge is -2.16. The summed E-state index contributed by atoms with van der Waals surface area (Å²) < 4.78 is 0. The fraction of sp³-hybridized carbons (Fsp3) is 0.846. The zero-order valence-electron chi connectivity index (χ0n) is 10.8. The van der Waals surface area contributed by atoms with Gasteiger partial charge < -0.3 is 5.11 Å². The Hall–Kier alpha value is -0.550. The number of fused-ring (bicyclic) bond motifs is 1. The molecule has 18 heavy (non-hydrogen) atoms. The van der Waals surface area contributed by atoms with E-state index in [1.54, 1.807) is 11.8 Å². The van der Waals surface area contributed by atoms with Gasteiger partial charge in [0.25, 0.3) is 0 Å². The van der Waals surface area contributed by atoms with Gasteiger partial charge in [-0.25, -0.2) is 0 Å².